The molecular weight excluding hydrogens is 232 g/mol. The summed E-state index contributed by atoms with van der Waals surface area (Å²) in [5.41, 5.74) is 1.65. The number of methoxy groups -OCH3 is 1. The van der Waals surface area contributed by atoms with Crippen molar-refractivity contribution in [3.8, 4) is 0 Å². The van der Waals surface area contributed by atoms with Crippen LogP contribution in [-0.4, -0.2) is 23.0 Å². The first kappa shape index (κ1) is 11.1. The highest BCUT2D eigenvalue weighted by molar-refractivity contribution is 5.86. The van der Waals surface area contributed by atoms with E-state index in [0.717, 1.165) is 35.9 Å². The third kappa shape index (κ3) is 1.40. The van der Waals surface area contributed by atoms with Gasteiger partial charge in [-0.3, -0.25) is 4.79 Å². The first-order chi connectivity index (χ1) is 8.65. The number of rotatable bonds is 2. The number of hydrogen-bond donors (Lipinski definition) is 2. The van der Waals surface area contributed by atoms with Crippen LogP contribution in [0.3, 0.4) is 0 Å². The van der Waals surface area contributed by atoms with Gasteiger partial charge in [0, 0.05) is 0 Å². The van der Waals surface area contributed by atoms with E-state index in [1.807, 2.05) is 18.2 Å². The number of hydrogen-bond acceptors (Lipinski definition) is 3. The van der Waals surface area contributed by atoms with Crippen molar-refractivity contribution in [2.45, 2.75) is 24.7 Å². The lowest BCUT2D eigenvalue weighted by atomic mass is 9.64. The second-order valence-electron chi connectivity index (χ2n) is 4.77. The van der Waals surface area contributed by atoms with Gasteiger partial charge in [0.25, 0.3) is 0 Å². The summed E-state index contributed by atoms with van der Waals surface area (Å²) in [4.78, 5) is 28.6. The van der Waals surface area contributed by atoms with Crippen molar-refractivity contribution in [2.75, 3.05) is 7.11 Å². The maximum Gasteiger partial charge on any atom is 0.323 e. The lowest BCUT2D eigenvalue weighted by Crippen LogP contribution is -2.43. The van der Waals surface area contributed by atoms with Gasteiger partial charge >= 0.3 is 11.7 Å². The second kappa shape index (κ2) is 3.73. The molecule has 1 heterocycles. The van der Waals surface area contributed by atoms with Crippen molar-refractivity contribution in [1.29, 1.82) is 0 Å². The number of carbonyl (C=O) groups excluding carboxylic acids is 1. The van der Waals surface area contributed by atoms with Gasteiger partial charge in [-0.1, -0.05) is 12.5 Å². The highest BCUT2D eigenvalue weighted by atomic mass is 16.5. The number of benzene rings is 1. The first-order valence-corrected chi connectivity index (χ1v) is 5.97. The molecule has 18 heavy (non-hydrogen) atoms. The maximum absolute atomic E-state index is 12.0. The molecule has 0 aliphatic heterocycles. The van der Waals surface area contributed by atoms with Crippen LogP contribution in [0, 0.1) is 0 Å². The highest BCUT2D eigenvalue weighted by Gasteiger charge is 2.46. The van der Waals surface area contributed by atoms with E-state index >= 15 is 0 Å². The molecular formula is C13H14N2O3. The van der Waals surface area contributed by atoms with Crippen LogP contribution in [0.25, 0.3) is 11.0 Å². The van der Waals surface area contributed by atoms with Crippen LogP contribution in [0.1, 0.15) is 24.8 Å². The fourth-order valence-corrected chi connectivity index (χ4v) is 2.67. The van der Waals surface area contributed by atoms with Crippen molar-refractivity contribution < 1.29 is 9.53 Å². The molecule has 1 aromatic heterocycles. The fourth-order valence-electron chi connectivity index (χ4n) is 2.67. The molecule has 0 atom stereocenters. The normalized spacial score (nSPS) is 17.4. The number of fused-ring (bicyclic) bond motifs is 1. The monoisotopic (exact) mass is 246 g/mol. The molecule has 3 rings (SSSR count). The molecule has 1 fully saturated rings. The van der Waals surface area contributed by atoms with Crippen molar-refractivity contribution >= 4 is 17.0 Å². The summed E-state index contributed by atoms with van der Waals surface area (Å²) >= 11 is 0. The Kier molecular flexibility index (Phi) is 2.29. The Labute approximate surface area is 103 Å². The third-order valence-electron chi connectivity index (χ3n) is 3.85. The quantitative estimate of drug-likeness (QED) is 0.787. The van der Waals surface area contributed by atoms with Gasteiger partial charge in [0.1, 0.15) is 0 Å². The zero-order chi connectivity index (χ0) is 12.8. The summed E-state index contributed by atoms with van der Waals surface area (Å²) in [5.74, 6) is -0.189. The smallest absolute Gasteiger partial charge is 0.323 e. The standard InChI is InChI=1S/C13H14N2O3/c1-18-11(16)13(5-2-6-13)8-3-4-9-10(7-8)15-12(17)14-9/h3-4,7H,2,5-6H2,1H3,(H2,14,15,17). The van der Waals surface area contributed by atoms with E-state index in [9.17, 15) is 9.59 Å². The summed E-state index contributed by atoms with van der Waals surface area (Å²) in [6, 6.07) is 5.58. The fraction of sp³-hybridized carbons (Fsp3) is 0.385. The summed E-state index contributed by atoms with van der Waals surface area (Å²) in [6.07, 6.45) is 2.64. The molecule has 0 bridgehead atoms. The molecule has 0 unspecified atom stereocenters. The molecule has 1 saturated carbocycles. The number of aromatic nitrogens is 2. The van der Waals surface area contributed by atoms with E-state index in [1.165, 1.54) is 7.11 Å². The van der Waals surface area contributed by atoms with E-state index in [0.29, 0.717) is 0 Å². The van der Waals surface area contributed by atoms with Crippen molar-refractivity contribution in [1.82, 2.24) is 9.97 Å². The average molecular weight is 246 g/mol. The lowest BCUT2D eigenvalue weighted by Gasteiger charge is -2.39. The number of ether oxygens (including phenoxy) is 1. The Hall–Kier alpha value is -2.04. The minimum atomic E-state index is -0.517. The van der Waals surface area contributed by atoms with Gasteiger partial charge in [0.2, 0.25) is 0 Å². The van der Waals surface area contributed by atoms with Crippen LogP contribution < -0.4 is 5.69 Å². The molecule has 5 heteroatoms. The minimum Gasteiger partial charge on any atom is -0.468 e. The molecule has 0 saturated heterocycles. The zero-order valence-corrected chi connectivity index (χ0v) is 10.1. The Balaban J connectivity index is 2.12. The molecule has 2 aromatic rings. The highest BCUT2D eigenvalue weighted by Crippen LogP contribution is 2.45. The van der Waals surface area contributed by atoms with Gasteiger partial charge in [-0.15, -0.1) is 0 Å². The van der Waals surface area contributed by atoms with E-state index in [-0.39, 0.29) is 11.7 Å². The summed E-state index contributed by atoms with van der Waals surface area (Å²) in [7, 11) is 1.42. The molecule has 0 radical (unpaired) electrons. The minimum absolute atomic E-state index is 0.189. The summed E-state index contributed by atoms with van der Waals surface area (Å²) in [6.45, 7) is 0. The number of imidazole rings is 1. The molecule has 1 aliphatic rings. The number of carbonyl (C=O) groups is 1. The Morgan fingerprint density at radius 3 is 2.61 bits per heavy atom. The second-order valence-corrected chi connectivity index (χ2v) is 4.77. The maximum atomic E-state index is 12.0. The van der Waals surface area contributed by atoms with Crippen LogP contribution in [0.4, 0.5) is 0 Å². The Morgan fingerprint density at radius 1 is 1.28 bits per heavy atom. The van der Waals surface area contributed by atoms with Gasteiger partial charge < -0.3 is 14.7 Å². The predicted octanol–water partition coefficient (Wildman–Crippen LogP) is 1.45. The van der Waals surface area contributed by atoms with E-state index in [2.05, 4.69) is 9.97 Å². The molecule has 0 amide bonds. The number of aromatic amines is 2. The molecule has 94 valence electrons. The third-order valence-corrected chi connectivity index (χ3v) is 3.85. The van der Waals surface area contributed by atoms with Gasteiger partial charge in [-0.25, -0.2) is 4.79 Å². The van der Waals surface area contributed by atoms with Crippen molar-refractivity contribution in [3.63, 3.8) is 0 Å². The SMILES string of the molecule is COC(=O)C1(c2ccc3[nH]c(=O)[nH]c3c2)CCC1. The topological polar surface area (TPSA) is 75.0 Å². The number of nitrogens with one attached hydrogen (secondary N) is 2. The largest absolute Gasteiger partial charge is 0.468 e. The predicted molar refractivity (Wildman–Crippen MR) is 66.5 cm³/mol. The van der Waals surface area contributed by atoms with Crippen LogP contribution >= 0.6 is 0 Å². The van der Waals surface area contributed by atoms with E-state index in [4.69, 9.17) is 4.74 Å². The van der Waals surface area contributed by atoms with Crippen LogP contribution in [0.15, 0.2) is 23.0 Å². The van der Waals surface area contributed by atoms with Crippen LogP contribution in [0.2, 0.25) is 0 Å². The number of H-pyrrole nitrogens is 2. The van der Waals surface area contributed by atoms with Gasteiger partial charge in [-0.2, -0.15) is 0 Å². The van der Waals surface area contributed by atoms with Crippen LogP contribution in [-0.2, 0) is 14.9 Å². The molecule has 1 aromatic carbocycles. The Morgan fingerprint density at radius 2 is 2.00 bits per heavy atom. The van der Waals surface area contributed by atoms with Gasteiger partial charge in [-0.05, 0) is 30.5 Å². The van der Waals surface area contributed by atoms with Crippen molar-refractivity contribution in [3.05, 3.63) is 34.2 Å². The Bertz CT molecular complexity index is 664. The van der Waals surface area contributed by atoms with Gasteiger partial charge in [0.15, 0.2) is 0 Å². The summed E-state index contributed by atoms with van der Waals surface area (Å²) < 4.78 is 4.91. The molecule has 5 nitrogen and oxygen atoms in total. The summed E-state index contributed by atoms with van der Waals surface area (Å²) in [5, 5.41) is 0. The molecule has 2 N–H and O–H groups in total. The van der Waals surface area contributed by atoms with E-state index < -0.39 is 5.41 Å². The average Bonchev–Trinajstić information content (AvgIpc) is 2.66. The molecule has 1 aliphatic carbocycles. The van der Waals surface area contributed by atoms with Crippen LogP contribution in [0.5, 0.6) is 0 Å². The molecule has 0 spiro atoms. The number of esters is 1. The van der Waals surface area contributed by atoms with Crippen molar-refractivity contribution in [2.24, 2.45) is 0 Å². The van der Waals surface area contributed by atoms with Gasteiger partial charge in [0.05, 0.1) is 23.6 Å². The lowest BCUT2D eigenvalue weighted by molar-refractivity contribution is -0.151. The van der Waals surface area contributed by atoms with E-state index in [1.54, 1.807) is 0 Å². The first-order valence-electron chi connectivity index (χ1n) is 5.97. The zero-order valence-electron chi connectivity index (χ0n) is 10.1.